The third kappa shape index (κ3) is 11.2. The highest BCUT2D eigenvalue weighted by Gasteiger charge is 2.22. The van der Waals surface area contributed by atoms with Crippen LogP contribution in [0.3, 0.4) is 0 Å². The summed E-state index contributed by atoms with van der Waals surface area (Å²) in [5.74, 6) is 3.43. The fourth-order valence-electron chi connectivity index (χ4n) is 6.38. The van der Waals surface area contributed by atoms with Gasteiger partial charge in [0.25, 0.3) is 0 Å². The molecule has 6 N–H and O–H groups in total. The topological polar surface area (TPSA) is 132 Å². The number of nitrogens with zero attached hydrogens (tertiary/aromatic N) is 4. The van der Waals surface area contributed by atoms with Crippen molar-refractivity contribution in [1.29, 1.82) is 0 Å². The molecule has 4 rings (SSSR count). The van der Waals surface area contributed by atoms with Crippen LogP contribution in [-0.2, 0) is 4.57 Å². The summed E-state index contributed by atoms with van der Waals surface area (Å²) in [5, 5.41) is 10.9. The molecule has 10 nitrogen and oxygen atoms in total. The summed E-state index contributed by atoms with van der Waals surface area (Å²) in [7, 11) is -2.41. The van der Waals surface area contributed by atoms with Gasteiger partial charge >= 0.3 is 0 Å². The van der Waals surface area contributed by atoms with Gasteiger partial charge in [-0.25, -0.2) is 0 Å². The van der Waals surface area contributed by atoms with E-state index in [0.717, 1.165) is 76.6 Å². The van der Waals surface area contributed by atoms with Crippen LogP contribution in [0.25, 0.3) is 0 Å². The van der Waals surface area contributed by atoms with Gasteiger partial charge in [0.15, 0.2) is 8.03 Å². The summed E-state index contributed by atoms with van der Waals surface area (Å²) in [4.78, 5) is 22.9. The molecule has 11 heteroatoms. The van der Waals surface area contributed by atoms with E-state index in [-0.39, 0.29) is 0 Å². The summed E-state index contributed by atoms with van der Waals surface area (Å²) < 4.78 is 11.1. The highest BCUT2D eigenvalue weighted by Crippen LogP contribution is 2.29. The molecule has 2 aliphatic carbocycles. The molecular weight excluding hydrogens is 511 g/mol. The van der Waals surface area contributed by atoms with Crippen molar-refractivity contribution in [1.82, 2.24) is 25.5 Å². The lowest BCUT2D eigenvalue weighted by Crippen LogP contribution is -2.34. The lowest BCUT2D eigenvalue weighted by Gasteiger charge is -2.29. The van der Waals surface area contributed by atoms with E-state index in [4.69, 9.17) is 15.6 Å². The zero-order valence-electron chi connectivity index (χ0n) is 23.9. The van der Waals surface area contributed by atoms with E-state index in [1.54, 1.807) is 0 Å². The van der Waals surface area contributed by atoms with Crippen LogP contribution in [0, 0.1) is 11.8 Å². The molecule has 1 aromatic rings. The van der Waals surface area contributed by atoms with Gasteiger partial charge in [-0.05, 0) is 89.4 Å². The van der Waals surface area contributed by atoms with Gasteiger partial charge in [0, 0.05) is 51.0 Å². The van der Waals surface area contributed by atoms with E-state index < -0.39 is 8.03 Å². The summed E-state index contributed by atoms with van der Waals surface area (Å²) in [6.07, 6.45) is 14.6. The summed E-state index contributed by atoms with van der Waals surface area (Å²) in [6.45, 7) is 8.51. The number of rotatable bonds is 14. The van der Waals surface area contributed by atoms with Crippen molar-refractivity contribution in [2.24, 2.45) is 11.8 Å². The quantitative estimate of drug-likeness (QED) is 0.170. The zero-order valence-corrected chi connectivity index (χ0v) is 24.9. The van der Waals surface area contributed by atoms with Crippen LogP contribution in [0.15, 0.2) is 6.07 Å². The first-order valence-corrected chi connectivity index (χ1v) is 17.1. The predicted octanol–water partition coefficient (Wildman–Crippen LogP) is 3.16. The van der Waals surface area contributed by atoms with Crippen molar-refractivity contribution >= 4 is 25.6 Å². The van der Waals surface area contributed by atoms with Gasteiger partial charge in [-0.3, -0.25) is 4.57 Å². The van der Waals surface area contributed by atoms with Gasteiger partial charge in [-0.2, -0.15) is 9.97 Å². The average Bonchev–Trinajstić information content (AvgIpc) is 3.19. The summed E-state index contributed by atoms with van der Waals surface area (Å²) in [6, 6.07) is 2.63. The van der Waals surface area contributed by atoms with Crippen LogP contribution in [0.1, 0.15) is 70.6 Å². The molecule has 1 aromatic heterocycles. The molecule has 1 saturated heterocycles. The second-order valence-electron chi connectivity index (χ2n) is 11.9. The van der Waals surface area contributed by atoms with Crippen molar-refractivity contribution in [3.63, 3.8) is 0 Å². The number of hydrogen-bond acceptors (Lipinski definition) is 9. The fraction of sp³-hybridized carbons (Fsp3) is 0.857. The number of anilines is 3. The average molecular weight is 565 g/mol. The van der Waals surface area contributed by atoms with E-state index in [1.807, 2.05) is 6.07 Å². The fourth-order valence-corrected chi connectivity index (χ4v) is 6.89. The molecule has 1 atom stereocenters. The Morgan fingerprint density at radius 1 is 0.923 bits per heavy atom. The Morgan fingerprint density at radius 2 is 1.69 bits per heavy atom. The smallest absolute Gasteiger partial charge is 0.226 e. The maximum absolute atomic E-state index is 11.1. The monoisotopic (exact) mass is 564 g/mol. The first kappa shape index (κ1) is 30.5. The van der Waals surface area contributed by atoms with Crippen LogP contribution >= 0.6 is 8.03 Å². The Morgan fingerprint density at radius 3 is 2.46 bits per heavy atom. The normalized spacial score (nSPS) is 24.4. The van der Waals surface area contributed by atoms with Crippen LogP contribution in [0.4, 0.5) is 17.6 Å². The van der Waals surface area contributed by atoms with E-state index in [2.05, 4.69) is 30.7 Å². The standard InChI is InChI=1S/C28H53N8O2P/c29-26-20-27(36-15-5-14-35(16-17-36)18-19-39(37)38)34-28(33-26)32-22-24-10-8-23(9-11-24)21-30-12-4-13-31-25-6-2-1-3-7-25/h20,23-25,30-31,39H,1-19,21-22H2,(H,37,38)(H3,29,32,33,34)/t23-,24-. The van der Waals surface area contributed by atoms with Crippen LogP contribution < -0.4 is 26.6 Å². The summed E-state index contributed by atoms with van der Waals surface area (Å²) in [5.41, 5.74) is 6.16. The van der Waals surface area contributed by atoms with E-state index in [9.17, 15) is 4.57 Å². The molecule has 1 aliphatic heterocycles. The van der Waals surface area contributed by atoms with Crippen molar-refractivity contribution < 1.29 is 9.46 Å². The predicted molar refractivity (Wildman–Crippen MR) is 162 cm³/mol. The van der Waals surface area contributed by atoms with Gasteiger partial charge < -0.3 is 36.4 Å². The van der Waals surface area contributed by atoms with Gasteiger partial charge in [0.2, 0.25) is 5.95 Å². The van der Waals surface area contributed by atoms with Gasteiger partial charge in [-0.15, -0.1) is 0 Å². The number of nitrogens with one attached hydrogen (secondary N) is 3. The molecular formula is C28H53N8O2P. The molecule has 0 bridgehead atoms. The molecule has 222 valence electrons. The Labute approximate surface area is 236 Å². The number of nitrogen functional groups attached to an aromatic ring is 1. The molecule has 0 spiro atoms. The number of nitrogens with two attached hydrogens (primary N) is 1. The molecule has 2 heterocycles. The largest absolute Gasteiger partial charge is 0.383 e. The second-order valence-corrected chi connectivity index (χ2v) is 13.2. The Kier molecular flexibility index (Phi) is 13.1. The summed E-state index contributed by atoms with van der Waals surface area (Å²) >= 11 is 0. The Balaban J connectivity index is 1.11. The Bertz CT molecular complexity index is 864. The third-order valence-corrected chi connectivity index (χ3v) is 9.45. The minimum Gasteiger partial charge on any atom is -0.383 e. The first-order chi connectivity index (χ1) is 19.0. The maximum atomic E-state index is 11.1. The number of hydrogen-bond donors (Lipinski definition) is 5. The maximum Gasteiger partial charge on any atom is 0.226 e. The molecule has 3 fully saturated rings. The zero-order chi connectivity index (χ0) is 27.3. The molecule has 1 unspecified atom stereocenters. The lowest BCUT2D eigenvalue weighted by atomic mass is 9.82. The van der Waals surface area contributed by atoms with Crippen molar-refractivity contribution in [2.75, 3.05) is 81.0 Å². The van der Waals surface area contributed by atoms with Crippen molar-refractivity contribution in [3.05, 3.63) is 6.07 Å². The molecule has 0 aromatic carbocycles. The minimum absolute atomic E-state index is 0.371. The van der Waals surface area contributed by atoms with Gasteiger partial charge in [0.05, 0.1) is 0 Å². The first-order valence-electron chi connectivity index (χ1n) is 15.6. The van der Waals surface area contributed by atoms with E-state index in [0.29, 0.717) is 30.4 Å². The van der Waals surface area contributed by atoms with Crippen LogP contribution in [0.5, 0.6) is 0 Å². The highest BCUT2D eigenvalue weighted by molar-refractivity contribution is 7.38. The molecule has 0 radical (unpaired) electrons. The van der Waals surface area contributed by atoms with Gasteiger partial charge in [-0.1, -0.05) is 19.3 Å². The Hall–Kier alpha value is -1.45. The molecule has 39 heavy (non-hydrogen) atoms. The molecule has 0 amide bonds. The van der Waals surface area contributed by atoms with Crippen molar-refractivity contribution in [3.8, 4) is 0 Å². The van der Waals surface area contributed by atoms with Gasteiger partial charge in [0.1, 0.15) is 11.6 Å². The highest BCUT2D eigenvalue weighted by atomic mass is 31.1. The van der Waals surface area contributed by atoms with Crippen molar-refractivity contribution in [2.45, 2.75) is 76.7 Å². The second kappa shape index (κ2) is 16.7. The third-order valence-electron chi connectivity index (χ3n) is 8.80. The van der Waals surface area contributed by atoms with Crippen LogP contribution in [-0.4, -0.2) is 90.9 Å². The van der Waals surface area contributed by atoms with E-state index >= 15 is 0 Å². The molecule has 3 aliphatic rings. The number of aromatic nitrogens is 2. The minimum atomic E-state index is -2.41. The lowest BCUT2D eigenvalue weighted by molar-refractivity contribution is 0.275. The van der Waals surface area contributed by atoms with E-state index in [1.165, 1.54) is 64.2 Å². The van der Waals surface area contributed by atoms with Crippen LogP contribution in [0.2, 0.25) is 0 Å². The molecule has 2 saturated carbocycles. The SMILES string of the molecule is Nc1cc(N2CCCN(CC[PH](=O)O)CC2)nc(NC[C@H]2CC[C@H](CNCCCNC3CCCCC3)CC2)n1.